The van der Waals surface area contributed by atoms with E-state index in [1.165, 1.54) is 7.11 Å². The lowest BCUT2D eigenvalue weighted by Gasteiger charge is -2.40. The highest BCUT2D eigenvalue weighted by atomic mass is 16.5. The number of carbonyl (C=O) groups excluding carboxylic acids is 2. The number of amides is 1. The van der Waals surface area contributed by atoms with Crippen molar-refractivity contribution in [3.8, 4) is 0 Å². The van der Waals surface area contributed by atoms with Crippen LogP contribution in [0.15, 0.2) is 24.3 Å². The number of carbonyl (C=O) groups is 2. The minimum Gasteiger partial charge on any atom is -0.465 e. The van der Waals surface area contributed by atoms with Crippen molar-refractivity contribution in [2.24, 2.45) is 0 Å². The molecule has 1 atom stereocenters. The zero-order valence-electron chi connectivity index (χ0n) is 13.3. The lowest BCUT2D eigenvalue weighted by Crippen LogP contribution is -2.54. The molecule has 6 nitrogen and oxygen atoms in total. The Morgan fingerprint density at radius 1 is 1.27 bits per heavy atom. The first kappa shape index (κ1) is 16.3. The number of anilines is 1. The molecule has 6 heteroatoms. The largest absolute Gasteiger partial charge is 0.465 e. The lowest BCUT2D eigenvalue weighted by molar-refractivity contribution is -0.122. The molecule has 0 aliphatic carbocycles. The van der Waals surface area contributed by atoms with Crippen LogP contribution in [0.3, 0.4) is 0 Å². The van der Waals surface area contributed by atoms with E-state index >= 15 is 0 Å². The Hall–Kier alpha value is -2.08. The number of esters is 1. The number of hydrogen-bond donors (Lipinski definition) is 1. The predicted octanol–water partition coefficient (Wildman–Crippen LogP) is 0.730. The van der Waals surface area contributed by atoms with Gasteiger partial charge in [-0.05, 0) is 31.2 Å². The van der Waals surface area contributed by atoms with Crippen LogP contribution < -0.4 is 10.2 Å². The number of piperazine rings is 1. The van der Waals surface area contributed by atoms with Crippen molar-refractivity contribution in [1.29, 1.82) is 0 Å². The van der Waals surface area contributed by atoms with Gasteiger partial charge in [-0.15, -0.1) is 0 Å². The number of likely N-dealkylation sites (N-methyl/N-ethyl adjacent to an activating group) is 1. The van der Waals surface area contributed by atoms with Crippen molar-refractivity contribution in [3.63, 3.8) is 0 Å². The molecule has 2 rings (SSSR count). The Balaban J connectivity index is 1.98. The van der Waals surface area contributed by atoms with Crippen LogP contribution in [0.25, 0.3) is 0 Å². The monoisotopic (exact) mass is 305 g/mol. The summed E-state index contributed by atoms with van der Waals surface area (Å²) in [4.78, 5) is 27.4. The fraction of sp³-hybridized carbons (Fsp3) is 0.500. The molecule has 1 saturated heterocycles. The Morgan fingerprint density at radius 3 is 2.50 bits per heavy atom. The molecule has 1 unspecified atom stereocenters. The average molecular weight is 305 g/mol. The summed E-state index contributed by atoms with van der Waals surface area (Å²) >= 11 is 0. The van der Waals surface area contributed by atoms with Gasteiger partial charge in [0.05, 0.1) is 19.2 Å². The summed E-state index contributed by atoms with van der Waals surface area (Å²) in [5, 5.41) is 2.66. The molecule has 0 bridgehead atoms. The predicted molar refractivity (Wildman–Crippen MR) is 85.1 cm³/mol. The first-order valence-electron chi connectivity index (χ1n) is 7.43. The Labute approximate surface area is 131 Å². The number of rotatable bonds is 4. The van der Waals surface area contributed by atoms with Crippen molar-refractivity contribution in [2.45, 2.75) is 13.0 Å². The van der Waals surface area contributed by atoms with Crippen molar-refractivity contribution in [3.05, 3.63) is 29.8 Å². The molecule has 0 spiro atoms. The summed E-state index contributed by atoms with van der Waals surface area (Å²) in [5.74, 6) is -0.280. The number of ether oxygens (including phenoxy) is 1. The second kappa shape index (κ2) is 7.26. The number of nitrogens with one attached hydrogen (secondary N) is 1. The van der Waals surface area contributed by atoms with Gasteiger partial charge in [0, 0.05) is 38.4 Å². The smallest absolute Gasteiger partial charge is 0.337 e. The molecular weight excluding hydrogens is 282 g/mol. The van der Waals surface area contributed by atoms with Crippen LogP contribution in [-0.4, -0.2) is 63.2 Å². The fourth-order valence-electron chi connectivity index (χ4n) is 2.65. The van der Waals surface area contributed by atoms with E-state index in [9.17, 15) is 9.59 Å². The van der Waals surface area contributed by atoms with Gasteiger partial charge >= 0.3 is 5.97 Å². The summed E-state index contributed by atoms with van der Waals surface area (Å²) in [6, 6.07) is 7.73. The highest BCUT2D eigenvalue weighted by Crippen LogP contribution is 2.20. The average Bonchev–Trinajstić information content (AvgIpc) is 2.56. The molecule has 0 radical (unpaired) electrons. The van der Waals surface area contributed by atoms with Gasteiger partial charge in [-0.1, -0.05) is 0 Å². The summed E-state index contributed by atoms with van der Waals surface area (Å²) in [5.41, 5.74) is 1.64. The molecule has 22 heavy (non-hydrogen) atoms. The van der Waals surface area contributed by atoms with Crippen LogP contribution in [0, 0.1) is 0 Å². The first-order valence-corrected chi connectivity index (χ1v) is 7.43. The summed E-state index contributed by atoms with van der Waals surface area (Å²) in [6.45, 7) is 5.12. The zero-order valence-corrected chi connectivity index (χ0v) is 13.3. The van der Waals surface area contributed by atoms with Gasteiger partial charge in [0.15, 0.2) is 0 Å². The Morgan fingerprint density at radius 2 is 1.95 bits per heavy atom. The standard InChI is InChI=1S/C16H23N3O3/c1-12-10-19(9-8-18(12)11-15(20)17-2)14-6-4-13(5-7-14)16(21)22-3/h4-7,12H,8-11H2,1-3H3,(H,17,20). The molecule has 0 saturated carbocycles. The number of methoxy groups -OCH3 is 1. The van der Waals surface area contributed by atoms with Gasteiger partial charge in [0.2, 0.25) is 5.91 Å². The van der Waals surface area contributed by atoms with Gasteiger partial charge in [0.25, 0.3) is 0 Å². The molecule has 120 valence electrons. The number of hydrogen-bond acceptors (Lipinski definition) is 5. The summed E-state index contributed by atoms with van der Waals surface area (Å²) < 4.78 is 4.70. The summed E-state index contributed by atoms with van der Waals surface area (Å²) in [7, 11) is 3.04. The van der Waals surface area contributed by atoms with Gasteiger partial charge in [-0.25, -0.2) is 4.79 Å². The van der Waals surface area contributed by atoms with Crippen molar-refractivity contribution in [2.75, 3.05) is 45.2 Å². The molecule has 1 heterocycles. The van der Waals surface area contributed by atoms with Gasteiger partial charge < -0.3 is 15.0 Å². The maximum Gasteiger partial charge on any atom is 0.337 e. The SMILES string of the molecule is CNC(=O)CN1CCN(c2ccc(C(=O)OC)cc2)CC1C. The van der Waals surface area contributed by atoms with Crippen LogP contribution in [0.1, 0.15) is 17.3 Å². The topological polar surface area (TPSA) is 61.9 Å². The van der Waals surface area contributed by atoms with E-state index < -0.39 is 0 Å². The lowest BCUT2D eigenvalue weighted by atomic mass is 10.1. The number of nitrogens with zero attached hydrogens (tertiary/aromatic N) is 2. The molecule has 1 N–H and O–H groups in total. The van der Waals surface area contributed by atoms with Crippen molar-refractivity contribution >= 4 is 17.6 Å². The van der Waals surface area contributed by atoms with Crippen LogP contribution in [0.4, 0.5) is 5.69 Å². The maximum absolute atomic E-state index is 11.5. The van der Waals surface area contributed by atoms with E-state index in [0.717, 1.165) is 25.3 Å². The second-order valence-corrected chi connectivity index (χ2v) is 5.48. The van der Waals surface area contributed by atoms with Crippen LogP contribution in [-0.2, 0) is 9.53 Å². The molecular formula is C16H23N3O3. The van der Waals surface area contributed by atoms with E-state index in [0.29, 0.717) is 18.2 Å². The minimum atomic E-state index is -0.324. The molecule has 1 aromatic carbocycles. The van der Waals surface area contributed by atoms with E-state index in [4.69, 9.17) is 4.74 Å². The van der Waals surface area contributed by atoms with E-state index in [2.05, 4.69) is 22.0 Å². The quantitative estimate of drug-likeness (QED) is 0.831. The maximum atomic E-state index is 11.5. The van der Waals surface area contributed by atoms with Crippen molar-refractivity contribution in [1.82, 2.24) is 10.2 Å². The van der Waals surface area contributed by atoms with Crippen molar-refractivity contribution < 1.29 is 14.3 Å². The van der Waals surface area contributed by atoms with E-state index in [-0.39, 0.29) is 11.9 Å². The molecule has 1 aromatic rings. The molecule has 1 aliphatic rings. The third-order valence-corrected chi connectivity index (χ3v) is 4.04. The fourth-order valence-corrected chi connectivity index (χ4v) is 2.65. The third kappa shape index (κ3) is 3.76. The van der Waals surface area contributed by atoms with Crippen LogP contribution >= 0.6 is 0 Å². The highest BCUT2D eigenvalue weighted by molar-refractivity contribution is 5.89. The Bertz CT molecular complexity index is 530. The van der Waals surface area contributed by atoms with Gasteiger partial charge in [-0.3, -0.25) is 9.69 Å². The van der Waals surface area contributed by atoms with Crippen LogP contribution in [0.5, 0.6) is 0 Å². The second-order valence-electron chi connectivity index (χ2n) is 5.48. The van der Waals surface area contributed by atoms with E-state index in [1.807, 2.05) is 12.1 Å². The molecule has 1 amide bonds. The Kier molecular flexibility index (Phi) is 5.38. The third-order valence-electron chi connectivity index (χ3n) is 4.04. The van der Waals surface area contributed by atoms with E-state index in [1.54, 1.807) is 19.2 Å². The normalized spacial score (nSPS) is 18.9. The highest BCUT2D eigenvalue weighted by Gasteiger charge is 2.25. The summed E-state index contributed by atoms with van der Waals surface area (Å²) in [6.07, 6.45) is 0. The van der Waals surface area contributed by atoms with Gasteiger partial charge in [-0.2, -0.15) is 0 Å². The molecule has 1 aliphatic heterocycles. The van der Waals surface area contributed by atoms with Gasteiger partial charge in [0.1, 0.15) is 0 Å². The first-order chi connectivity index (χ1) is 10.5. The zero-order chi connectivity index (χ0) is 16.1. The molecule has 0 aromatic heterocycles. The van der Waals surface area contributed by atoms with Crippen LogP contribution in [0.2, 0.25) is 0 Å². The minimum absolute atomic E-state index is 0.0442. The molecule has 1 fully saturated rings. The number of benzene rings is 1.